The molecule has 0 atom stereocenters. The Morgan fingerprint density at radius 2 is 2.27 bits per heavy atom. The van der Waals surface area contributed by atoms with E-state index in [0.29, 0.717) is 18.5 Å². The molecule has 1 aliphatic heterocycles. The highest BCUT2D eigenvalue weighted by atomic mass is 16.7. The minimum Gasteiger partial charge on any atom is -0.460 e. The first-order valence-electron chi connectivity index (χ1n) is 4.87. The van der Waals surface area contributed by atoms with Crippen LogP contribution >= 0.6 is 0 Å². The van der Waals surface area contributed by atoms with Crippen molar-refractivity contribution in [3.63, 3.8) is 0 Å². The van der Waals surface area contributed by atoms with Gasteiger partial charge in [0.2, 0.25) is 5.91 Å². The second-order valence-corrected chi connectivity index (χ2v) is 3.35. The number of esters is 1. The van der Waals surface area contributed by atoms with Gasteiger partial charge >= 0.3 is 5.97 Å². The van der Waals surface area contributed by atoms with E-state index >= 15 is 0 Å². The SMILES string of the molecule is C=C(C)C(=O)OCCON1CCCC1=O. The molecule has 0 aromatic rings. The van der Waals surface area contributed by atoms with E-state index in [-0.39, 0.29) is 19.1 Å². The van der Waals surface area contributed by atoms with Gasteiger partial charge in [0.15, 0.2) is 0 Å². The van der Waals surface area contributed by atoms with E-state index in [1.165, 1.54) is 5.06 Å². The summed E-state index contributed by atoms with van der Waals surface area (Å²) in [4.78, 5) is 27.2. The Balaban J connectivity index is 2.09. The van der Waals surface area contributed by atoms with E-state index in [1.54, 1.807) is 6.92 Å². The first kappa shape index (κ1) is 11.7. The molecule has 15 heavy (non-hydrogen) atoms. The molecule has 1 fully saturated rings. The van der Waals surface area contributed by atoms with Crippen LogP contribution in [0, 0.1) is 0 Å². The van der Waals surface area contributed by atoms with Crippen molar-refractivity contribution in [3.05, 3.63) is 12.2 Å². The topological polar surface area (TPSA) is 55.8 Å². The predicted octanol–water partition coefficient (Wildman–Crippen LogP) is 0.660. The largest absolute Gasteiger partial charge is 0.460 e. The van der Waals surface area contributed by atoms with Crippen molar-refractivity contribution in [2.75, 3.05) is 19.8 Å². The average Bonchev–Trinajstić information content (AvgIpc) is 2.58. The number of carbonyl (C=O) groups is 2. The number of hydrogen-bond donors (Lipinski definition) is 0. The molecule has 0 saturated carbocycles. The Hall–Kier alpha value is -1.36. The summed E-state index contributed by atoms with van der Waals surface area (Å²) in [6, 6.07) is 0. The van der Waals surface area contributed by atoms with E-state index in [9.17, 15) is 9.59 Å². The molecule has 0 unspecified atom stereocenters. The lowest BCUT2D eigenvalue weighted by Gasteiger charge is -2.14. The van der Waals surface area contributed by atoms with Crippen molar-refractivity contribution in [3.8, 4) is 0 Å². The maximum absolute atomic E-state index is 11.1. The molecule has 5 nitrogen and oxygen atoms in total. The van der Waals surface area contributed by atoms with Gasteiger partial charge in [0.05, 0.1) is 0 Å². The summed E-state index contributed by atoms with van der Waals surface area (Å²) >= 11 is 0. The first-order valence-corrected chi connectivity index (χ1v) is 4.87. The molecule has 0 aromatic carbocycles. The lowest BCUT2D eigenvalue weighted by molar-refractivity contribution is -0.182. The summed E-state index contributed by atoms with van der Waals surface area (Å²) < 4.78 is 4.80. The molecule has 1 saturated heterocycles. The molecule has 84 valence electrons. The van der Waals surface area contributed by atoms with E-state index < -0.39 is 5.97 Å². The molecule has 1 aliphatic rings. The van der Waals surface area contributed by atoms with Gasteiger partial charge in [0, 0.05) is 18.5 Å². The highest BCUT2D eigenvalue weighted by Crippen LogP contribution is 2.09. The molecular formula is C10H15NO4. The maximum atomic E-state index is 11.1. The predicted molar refractivity (Wildman–Crippen MR) is 52.7 cm³/mol. The van der Waals surface area contributed by atoms with Crippen LogP contribution < -0.4 is 0 Å². The normalized spacial score (nSPS) is 15.5. The summed E-state index contributed by atoms with van der Waals surface area (Å²) in [5, 5.41) is 1.31. The van der Waals surface area contributed by atoms with E-state index in [1.807, 2.05) is 0 Å². The van der Waals surface area contributed by atoms with Crippen molar-refractivity contribution in [1.29, 1.82) is 0 Å². The van der Waals surface area contributed by atoms with Crippen molar-refractivity contribution in [2.45, 2.75) is 19.8 Å². The molecule has 0 spiro atoms. The molecule has 0 N–H and O–H groups in total. The van der Waals surface area contributed by atoms with Crippen LogP contribution in [-0.4, -0.2) is 36.7 Å². The number of ether oxygens (including phenoxy) is 1. The maximum Gasteiger partial charge on any atom is 0.333 e. The number of rotatable bonds is 5. The van der Waals surface area contributed by atoms with Crippen LogP contribution in [0.5, 0.6) is 0 Å². The van der Waals surface area contributed by atoms with Crippen LogP contribution in [0.2, 0.25) is 0 Å². The van der Waals surface area contributed by atoms with Crippen LogP contribution in [0.1, 0.15) is 19.8 Å². The molecule has 1 rings (SSSR count). The van der Waals surface area contributed by atoms with E-state index in [0.717, 1.165) is 6.42 Å². The fourth-order valence-corrected chi connectivity index (χ4v) is 1.16. The van der Waals surface area contributed by atoms with Gasteiger partial charge in [0.25, 0.3) is 0 Å². The van der Waals surface area contributed by atoms with Crippen LogP contribution in [0.4, 0.5) is 0 Å². The second kappa shape index (κ2) is 5.50. The fourth-order valence-electron chi connectivity index (χ4n) is 1.16. The standard InChI is InChI=1S/C10H15NO4/c1-8(2)10(13)14-6-7-15-11-5-3-4-9(11)12/h1,3-7H2,2H3. The molecule has 0 aliphatic carbocycles. The van der Waals surface area contributed by atoms with Gasteiger partial charge in [-0.3, -0.25) is 9.63 Å². The lowest BCUT2D eigenvalue weighted by atomic mass is 10.4. The highest BCUT2D eigenvalue weighted by molar-refractivity contribution is 5.86. The van der Waals surface area contributed by atoms with Crippen LogP contribution in [0.3, 0.4) is 0 Å². The quantitative estimate of drug-likeness (QED) is 0.382. The third kappa shape index (κ3) is 3.71. The van der Waals surface area contributed by atoms with Gasteiger partial charge in [0.1, 0.15) is 13.2 Å². The second-order valence-electron chi connectivity index (χ2n) is 3.35. The number of carbonyl (C=O) groups excluding carboxylic acids is 2. The van der Waals surface area contributed by atoms with E-state index in [4.69, 9.17) is 9.57 Å². The minimum absolute atomic E-state index is 0.0128. The van der Waals surface area contributed by atoms with Crippen molar-refractivity contribution >= 4 is 11.9 Å². The zero-order valence-corrected chi connectivity index (χ0v) is 8.82. The first-order chi connectivity index (χ1) is 7.11. The Kier molecular flexibility index (Phi) is 4.30. The van der Waals surface area contributed by atoms with Crippen molar-refractivity contribution < 1.29 is 19.2 Å². The van der Waals surface area contributed by atoms with Gasteiger partial charge < -0.3 is 4.74 Å². The lowest BCUT2D eigenvalue weighted by Crippen LogP contribution is -2.27. The molecule has 0 aromatic heterocycles. The summed E-state index contributed by atoms with van der Waals surface area (Å²) in [6.45, 7) is 5.97. The average molecular weight is 213 g/mol. The zero-order chi connectivity index (χ0) is 11.3. The van der Waals surface area contributed by atoms with Gasteiger partial charge in [-0.2, -0.15) is 0 Å². The summed E-state index contributed by atoms with van der Waals surface area (Å²) in [5.74, 6) is -0.451. The van der Waals surface area contributed by atoms with Crippen molar-refractivity contribution in [2.24, 2.45) is 0 Å². The van der Waals surface area contributed by atoms with Gasteiger partial charge in [-0.05, 0) is 13.3 Å². The molecule has 5 heteroatoms. The number of nitrogens with zero attached hydrogens (tertiary/aromatic N) is 1. The molecular weight excluding hydrogens is 198 g/mol. The molecule has 0 bridgehead atoms. The third-order valence-corrected chi connectivity index (χ3v) is 1.94. The Bertz CT molecular complexity index is 275. The van der Waals surface area contributed by atoms with Crippen LogP contribution in [0.15, 0.2) is 12.2 Å². The van der Waals surface area contributed by atoms with Crippen LogP contribution in [-0.2, 0) is 19.2 Å². The smallest absolute Gasteiger partial charge is 0.333 e. The zero-order valence-electron chi connectivity index (χ0n) is 8.82. The van der Waals surface area contributed by atoms with Crippen LogP contribution in [0.25, 0.3) is 0 Å². The molecule has 1 amide bonds. The number of amides is 1. The number of hydrogen-bond acceptors (Lipinski definition) is 4. The van der Waals surface area contributed by atoms with E-state index in [2.05, 4.69) is 6.58 Å². The van der Waals surface area contributed by atoms with Crippen molar-refractivity contribution in [1.82, 2.24) is 5.06 Å². The summed E-state index contributed by atoms with van der Waals surface area (Å²) in [5.41, 5.74) is 0.354. The highest BCUT2D eigenvalue weighted by Gasteiger charge is 2.20. The summed E-state index contributed by atoms with van der Waals surface area (Å²) in [7, 11) is 0. The third-order valence-electron chi connectivity index (χ3n) is 1.94. The monoisotopic (exact) mass is 213 g/mol. The van der Waals surface area contributed by atoms with Gasteiger partial charge in [-0.15, -0.1) is 0 Å². The Morgan fingerprint density at radius 1 is 1.53 bits per heavy atom. The molecule has 0 radical (unpaired) electrons. The fraction of sp³-hybridized carbons (Fsp3) is 0.600. The van der Waals surface area contributed by atoms with Gasteiger partial charge in [-0.1, -0.05) is 6.58 Å². The Morgan fingerprint density at radius 3 is 2.80 bits per heavy atom. The summed E-state index contributed by atoms with van der Waals surface area (Å²) in [6.07, 6.45) is 1.36. The minimum atomic E-state index is -0.439. The molecule has 1 heterocycles. The number of hydroxylamine groups is 2. The van der Waals surface area contributed by atoms with Gasteiger partial charge in [-0.25, -0.2) is 9.86 Å². The Labute approximate surface area is 88.6 Å².